The number of fused-ring (bicyclic) bond motifs is 1. The number of amides is 1. The van der Waals surface area contributed by atoms with Crippen LogP contribution in [0.4, 0.5) is 5.69 Å². The van der Waals surface area contributed by atoms with Crippen molar-refractivity contribution in [1.82, 2.24) is 5.32 Å². The van der Waals surface area contributed by atoms with Crippen LogP contribution in [0.25, 0.3) is 0 Å². The summed E-state index contributed by atoms with van der Waals surface area (Å²) in [7, 11) is 0. The van der Waals surface area contributed by atoms with E-state index >= 15 is 0 Å². The van der Waals surface area contributed by atoms with E-state index in [9.17, 15) is 4.79 Å². The topological polar surface area (TPSA) is 32.3 Å². The van der Waals surface area contributed by atoms with Gasteiger partial charge in [-0.15, -0.1) is 11.3 Å². The minimum Gasteiger partial charge on any atom is -0.311 e. The van der Waals surface area contributed by atoms with Crippen LogP contribution in [0.1, 0.15) is 22.4 Å². The van der Waals surface area contributed by atoms with E-state index < -0.39 is 0 Å². The Morgan fingerprint density at radius 1 is 1.33 bits per heavy atom. The number of benzene rings is 1. The summed E-state index contributed by atoms with van der Waals surface area (Å²) in [6.07, 6.45) is 2.12. The highest BCUT2D eigenvalue weighted by atomic mass is 32.1. The molecular formula is C17H20N2OS. The maximum absolute atomic E-state index is 12.4. The van der Waals surface area contributed by atoms with Crippen molar-refractivity contribution in [2.75, 3.05) is 18.0 Å². The number of para-hydroxylation sites is 1. The number of nitrogens with one attached hydrogen (secondary N) is 1. The summed E-state index contributed by atoms with van der Waals surface area (Å²) in [4.78, 5) is 15.7. The van der Waals surface area contributed by atoms with Gasteiger partial charge in [-0.2, -0.15) is 0 Å². The Morgan fingerprint density at radius 2 is 2.19 bits per heavy atom. The number of aryl methyl sites for hydroxylation is 2. The number of rotatable bonds is 4. The summed E-state index contributed by atoms with van der Waals surface area (Å²) in [5.41, 5.74) is 3.66. The third kappa shape index (κ3) is 3.17. The van der Waals surface area contributed by atoms with Gasteiger partial charge in [0.05, 0.1) is 6.54 Å². The Kier molecular flexibility index (Phi) is 4.36. The fraction of sp³-hybridized carbons (Fsp3) is 0.353. The zero-order valence-corrected chi connectivity index (χ0v) is 13.1. The van der Waals surface area contributed by atoms with Crippen molar-refractivity contribution in [3.05, 3.63) is 51.7 Å². The third-order valence-corrected chi connectivity index (χ3v) is 4.96. The maximum Gasteiger partial charge on any atom is 0.240 e. The molecule has 1 N–H and O–H groups in total. The predicted molar refractivity (Wildman–Crippen MR) is 87.9 cm³/mol. The molecule has 0 spiro atoms. The van der Waals surface area contributed by atoms with E-state index in [1.807, 2.05) is 17.0 Å². The van der Waals surface area contributed by atoms with Crippen LogP contribution in [0, 0.1) is 6.92 Å². The van der Waals surface area contributed by atoms with E-state index in [-0.39, 0.29) is 5.91 Å². The summed E-state index contributed by atoms with van der Waals surface area (Å²) >= 11 is 1.74. The highest BCUT2D eigenvalue weighted by Gasteiger charge is 2.21. The van der Waals surface area contributed by atoms with Gasteiger partial charge >= 0.3 is 0 Å². The fourth-order valence-electron chi connectivity index (χ4n) is 2.76. The van der Waals surface area contributed by atoms with Crippen molar-refractivity contribution in [1.29, 1.82) is 0 Å². The van der Waals surface area contributed by atoms with Crippen molar-refractivity contribution in [3.8, 4) is 0 Å². The van der Waals surface area contributed by atoms with Gasteiger partial charge in [0.2, 0.25) is 5.91 Å². The molecule has 0 fully saturated rings. The molecule has 4 heteroatoms. The van der Waals surface area contributed by atoms with Crippen molar-refractivity contribution in [3.63, 3.8) is 0 Å². The van der Waals surface area contributed by atoms with Gasteiger partial charge < -0.3 is 10.2 Å². The average molecular weight is 300 g/mol. The minimum atomic E-state index is 0.163. The molecule has 0 aliphatic carbocycles. The second kappa shape index (κ2) is 6.41. The standard InChI is InChI=1S/C17H20N2OS/c1-13-8-10-21-16(13)11-18-12-17(20)19-9-4-6-14-5-2-3-7-15(14)19/h2-3,5,7-8,10,18H,4,6,9,11-12H2,1H3. The zero-order chi connectivity index (χ0) is 14.7. The van der Waals surface area contributed by atoms with Crippen LogP contribution in [0.15, 0.2) is 35.7 Å². The van der Waals surface area contributed by atoms with Crippen LogP contribution in [0.5, 0.6) is 0 Å². The van der Waals surface area contributed by atoms with Crippen molar-refractivity contribution < 1.29 is 4.79 Å². The first-order valence-electron chi connectivity index (χ1n) is 7.37. The Bertz CT molecular complexity index is 635. The minimum absolute atomic E-state index is 0.163. The van der Waals surface area contributed by atoms with Gasteiger partial charge in [-0.3, -0.25) is 4.79 Å². The number of hydrogen-bond donors (Lipinski definition) is 1. The molecule has 3 rings (SSSR count). The van der Waals surface area contributed by atoms with E-state index in [0.717, 1.165) is 31.6 Å². The molecular weight excluding hydrogens is 280 g/mol. The molecule has 0 atom stereocenters. The fourth-order valence-corrected chi connectivity index (χ4v) is 3.63. The SMILES string of the molecule is Cc1ccsc1CNCC(=O)N1CCCc2ccccc21. The van der Waals surface area contributed by atoms with E-state index in [0.29, 0.717) is 6.54 Å². The predicted octanol–water partition coefficient (Wildman–Crippen LogP) is 3.13. The van der Waals surface area contributed by atoms with Crippen LogP contribution in [0.2, 0.25) is 0 Å². The van der Waals surface area contributed by atoms with Crippen LogP contribution in [-0.2, 0) is 17.8 Å². The van der Waals surface area contributed by atoms with Crippen LogP contribution in [0.3, 0.4) is 0 Å². The third-order valence-electron chi connectivity index (χ3n) is 3.94. The van der Waals surface area contributed by atoms with E-state index in [1.54, 1.807) is 11.3 Å². The number of thiophene rings is 1. The van der Waals surface area contributed by atoms with E-state index in [4.69, 9.17) is 0 Å². The second-order valence-corrected chi connectivity index (χ2v) is 6.41. The Labute approximate surface area is 129 Å². The van der Waals surface area contributed by atoms with Crippen LogP contribution < -0.4 is 10.2 Å². The molecule has 1 aromatic heterocycles. The smallest absolute Gasteiger partial charge is 0.240 e. The lowest BCUT2D eigenvalue weighted by Crippen LogP contribution is -2.41. The summed E-state index contributed by atoms with van der Waals surface area (Å²) in [6.45, 7) is 4.10. The molecule has 1 aliphatic rings. The van der Waals surface area contributed by atoms with Crippen LogP contribution in [-0.4, -0.2) is 19.0 Å². The lowest BCUT2D eigenvalue weighted by molar-refractivity contribution is -0.117. The molecule has 0 unspecified atom stereocenters. The second-order valence-electron chi connectivity index (χ2n) is 5.41. The molecule has 0 saturated carbocycles. The highest BCUT2D eigenvalue weighted by Crippen LogP contribution is 2.26. The Hall–Kier alpha value is -1.65. The molecule has 1 aromatic carbocycles. The number of nitrogens with zero attached hydrogens (tertiary/aromatic N) is 1. The van der Waals surface area contributed by atoms with Gasteiger partial charge in [0.25, 0.3) is 0 Å². The molecule has 2 heterocycles. The molecule has 1 amide bonds. The summed E-state index contributed by atoms with van der Waals surface area (Å²) in [6, 6.07) is 10.3. The van der Waals surface area contributed by atoms with Gasteiger partial charge in [0.15, 0.2) is 0 Å². The van der Waals surface area contributed by atoms with Gasteiger partial charge in [-0.05, 0) is 48.4 Å². The normalized spacial score (nSPS) is 14.0. The molecule has 21 heavy (non-hydrogen) atoms. The summed E-state index contributed by atoms with van der Waals surface area (Å²) in [5, 5.41) is 5.37. The molecule has 110 valence electrons. The average Bonchev–Trinajstić information content (AvgIpc) is 2.92. The van der Waals surface area contributed by atoms with Crippen molar-refractivity contribution in [2.24, 2.45) is 0 Å². The van der Waals surface area contributed by atoms with Gasteiger partial charge in [0, 0.05) is 23.7 Å². The van der Waals surface area contributed by atoms with Crippen molar-refractivity contribution >= 4 is 22.9 Å². The van der Waals surface area contributed by atoms with Crippen molar-refractivity contribution in [2.45, 2.75) is 26.3 Å². The largest absolute Gasteiger partial charge is 0.311 e. The maximum atomic E-state index is 12.4. The van der Waals surface area contributed by atoms with Gasteiger partial charge in [0.1, 0.15) is 0 Å². The molecule has 0 bridgehead atoms. The number of carbonyl (C=O) groups excluding carboxylic acids is 1. The number of anilines is 1. The first-order chi connectivity index (χ1) is 10.3. The molecule has 0 saturated heterocycles. The number of carbonyl (C=O) groups is 1. The Balaban J connectivity index is 1.60. The first-order valence-corrected chi connectivity index (χ1v) is 8.25. The van der Waals surface area contributed by atoms with E-state index in [2.05, 4.69) is 35.8 Å². The van der Waals surface area contributed by atoms with Gasteiger partial charge in [-0.25, -0.2) is 0 Å². The number of hydrogen-bond acceptors (Lipinski definition) is 3. The lowest BCUT2D eigenvalue weighted by atomic mass is 10.0. The van der Waals surface area contributed by atoms with E-state index in [1.165, 1.54) is 16.0 Å². The lowest BCUT2D eigenvalue weighted by Gasteiger charge is -2.29. The quantitative estimate of drug-likeness (QED) is 0.941. The van der Waals surface area contributed by atoms with Gasteiger partial charge in [-0.1, -0.05) is 18.2 Å². The highest BCUT2D eigenvalue weighted by molar-refractivity contribution is 7.10. The first kappa shape index (κ1) is 14.3. The monoisotopic (exact) mass is 300 g/mol. The van der Waals surface area contributed by atoms with Crippen LogP contribution >= 0.6 is 11.3 Å². The molecule has 2 aromatic rings. The molecule has 1 aliphatic heterocycles. The Morgan fingerprint density at radius 3 is 3.00 bits per heavy atom. The zero-order valence-electron chi connectivity index (χ0n) is 12.3. The summed E-state index contributed by atoms with van der Waals surface area (Å²) in [5.74, 6) is 0.163. The summed E-state index contributed by atoms with van der Waals surface area (Å²) < 4.78 is 0. The molecule has 3 nitrogen and oxygen atoms in total. The molecule has 0 radical (unpaired) electrons.